The zero-order valence-electron chi connectivity index (χ0n) is 13.3. The van der Waals surface area contributed by atoms with Crippen molar-refractivity contribution in [2.24, 2.45) is 16.6 Å². The maximum absolute atomic E-state index is 11.9. The van der Waals surface area contributed by atoms with E-state index in [0.717, 1.165) is 6.42 Å². The molecule has 1 aliphatic rings. The van der Waals surface area contributed by atoms with E-state index < -0.39 is 11.4 Å². The first-order valence-corrected chi connectivity index (χ1v) is 7.48. The molecule has 0 spiro atoms. The van der Waals surface area contributed by atoms with Gasteiger partial charge in [-0.25, -0.2) is 0 Å². The fourth-order valence-electron chi connectivity index (χ4n) is 2.67. The van der Waals surface area contributed by atoms with Crippen LogP contribution in [0.2, 0.25) is 0 Å². The molecule has 1 heterocycles. The number of ether oxygens (including phenoxy) is 1. The number of hydrogen-bond donors (Lipinski definition) is 3. The Kier molecular flexibility index (Phi) is 6.16. The number of aliphatic carboxylic acids is 1. The fraction of sp³-hybridized carbons (Fsp3) is 0.867. The lowest BCUT2D eigenvalue weighted by molar-refractivity contribution is -0.154. The van der Waals surface area contributed by atoms with Crippen molar-refractivity contribution >= 4 is 11.9 Å². The largest absolute Gasteiger partial charge is 0.481 e. The van der Waals surface area contributed by atoms with E-state index in [9.17, 15) is 14.7 Å². The van der Waals surface area contributed by atoms with Crippen LogP contribution in [0.3, 0.4) is 0 Å². The molecule has 6 nitrogen and oxygen atoms in total. The number of rotatable bonds is 6. The van der Waals surface area contributed by atoms with Crippen LogP contribution in [0.1, 0.15) is 46.5 Å². The molecule has 1 amide bonds. The average Bonchev–Trinajstić information content (AvgIpc) is 2.35. The van der Waals surface area contributed by atoms with E-state index in [1.54, 1.807) is 0 Å². The lowest BCUT2D eigenvalue weighted by atomic mass is 9.80. The summed E-state index contributed by atoms with van der Waals surface area (Å²) in [6, 6.07) is -0.208. The number of amides is 1. The highest BCUT2D eigenvalue weighted by molar-refractivity contribution is 5.79. The first kappa shape index (κ1) is 17.9. The minimum Gasteiger partial charge on any atom is -0.481 e. The van der Waals surface area contributed by atoms with Crippen LogP contribution in [0.5, 0.6) is 0 Å². The Labute approximate surface area is 126 Å². The number of carbonyl (C=O) groups excluding carboxylic acids is 1. The molecule has 1 saturated heterocycles. The van der Waals surface area contributed by atoms with E-state index in [1.165, 1.54) is 0 Å². The fourth-order valence-corrected chi connectivity index (χ4v) is 2.67. The molecule has 1 rings (SSSR count). The number of hydrogen-bond acceptors (Lipinski definition) is 4. The van der Waals surface area contributed by atoms with E-state index in [4.69, 9.17) is 10.5 Å². The summed E-state index contributed by atoms with van der Waals surface area (Å²) < 4.78 is 5.21. The van der Waals surface area contributed by atoms with Crippen molar-refractivity contribution in [2.45, 2.75) is 52.5 Å². The summed E-state index contributed by atoms with van der Waals surface area (Å²) in [5.74, 6) is -1.05. The predicted molar refractivity (Wildman–Crippen MR) is 79.8 cm³/mol. The minimum atomic E-state index is -0.901. The lowest BCUT2D eigenvalue weighted by Gasteiger charge is -2.33. The zero-order chi connectivity index (χ0) is 16.1. The Morgan fingerprint density at radius 1 is 1.33 bits per heavy atom. The second kappa shape index (κ2) is 7.22. The molecule has 1 atom stereocenters. The van der Waals surface area contributed by atoms with Crippen molar-refractivity contribution in [3.05, 3.63) is 0 Å². The third-order valence-electron chi connectivity index (χ3n) is 3.85. The molecule has 1 fully saturated rings. The van der Waals surface area contributed by atoms with Crippen LogP contribution in [0.15, 0.2) is 0 Å². The number of carboxylic acid groups (broad SMARTS) is 1. The number of carboxylic acids is 1. The highest BCUT2D eigenvalue weighted by Crippen LogP contribution is 2.30. The Balaban J connectivity index is 2.45. The topological polar surface area (TPSA) is 102 Å². The summed E-state index contributed by atoms with van der Waals surface area (Å²) >= 11 is 0. The second-order valence-electron chi connectivity index (χ2n) is 7.20. The van der Waals surface area contributed by atoms with Crippen molar-refractivity contribution in [1.29, 1.82) is 0 Å². The molecule has 0 aromatic carbocycles. The van der Waals surface area contributed by atoms with Crippen LogP contribution < -0.4 is 11.1 Å². The van der Waals surface area contributed by atoms with Crippen molar-refractivity contribution in [2.75, 3.05) is 19.8 Å². The summed E-state index contributed by atoms with van der Waals surface area (Å²) in [4.78, 5) is 23.4. The third-order valence-corrected chi connectivity index (χ3v) is 3.85. The van der Waals surface area contributed by atoms with Crippen LogP contribution >= 0.6 is 0 Å². The van der Waals surface area contributed by atoms with Gasteiger partial charge in [-0.15, -0.1) is 0 Å². The number of nitrogens with one attached hydrogen (secondary N) is 1. The van der Waals surface area contributed by atoms with Crippen LogP contribution in [0.25, 0.3) is 0 Å². The average molecular weight is 300 g/mol. The van der Waals surface area contributed by atoms with Crippen molar-refractivity contribution < 1.29 is 19.4 Å². The maximum atomic E-state index is 11.9. The van der Waals surface area contributed by atoms with Gasteiger partial charge < -0.3 is 20.9 Å². The minimum absolute atomic E-state index is 0.0721. The van der Waals surface area contributed by atoms with Crippen molar-refractivity contribution in [3.8, 4) is 0 Å². The van der Waals surface area contributed by atoms with Gasteiger partial charge in [-0.3, -0.25) is 9.59 Å². The molecule has 0 aromatic rings. The van der Waals surface area contributed by atoms with E-state index in [1.807, 2.05) is 0 Å². The molecule has 0 bridgehead atoms. The zero-order valence-corrected chi connectivity index (χ0v) is 13.3. The summed E-state index contributed by atoms with van der Waals surface area (Å²) in [5, 5.41) is 12.1. The summed E-state index contributed by atoms with van der Waals surface area (Å²) in [7, 11) is 0. The van der Waals surface area contributed by atoms with Gasteiger partial charge in [0.05, 0.1) is 5.41 Å². The lowest BCUT2D eigenvalue weighted by Crippen LogP contribution is -2.47. The Bertz CT molecular complexity index is 370. The van der Waals surface area contributed by atoms with Gasteiger partial charge >= 0.3 is 5.97 Å². The van der Waals surface area contributed by atoms with E-state index in [0.29, 0.717) is 26.1 Å². The van der Waals surface area contributed by atoms with Gasteiger partial charge in [0.2, 0.25) is 5.91 Å². The van der Waals surface area contributed by atoms with Crippen LogP contribution in [0, 0.1) is 10.8 Å². The van der Waals surface area contributed by atoms with Gasteiger partial charge in [0, 0.05) is 32.2 Å². The molecule has 6 heteroatoms. The molecule has 1 unspecified atom stereocenters. The quantitative estimate of drug-likeness (QED) is 0.682. The summed E-state index contributed by atoms with van der Waals surface area (Å²) in [6.07, 6.45) is 1.83. The van der Waals surface area contributed by atoms with Gasteiger partial charge in [0.1, 0.15) is 0 Å². The van der Waals surface area contributed by atoms with Gasteiger partial charge in [-0.2, -0.15) is 0 Å². The first-order valence-electron chi connectivity index (χ1n) is 7.48. The molecule has 0 radical (unpaired) electrons. The Morgan fingerprint density at radius 3 is 2.38 bits per heavy atom. The molecular formula is C15H28N2O4. The van der Waals surface area contributed by atoms with Crippen molar-refractivity contribution in [1.82, 2.24) is 5.32 Å². The normalized spacial score (nSPS) is 19.8. The van der Waals surface area contributed by atoms with E-state index in [-0.39, 0.29) is 30.3 Å². The second-order valence-corrected chi connectivity index (χ2v) is 7.20. The van der Waals surface area contributed by atoms with Gasteiger partial charge in [-0.1, -0.05) is 20.8 Å². The van der Waals surface area contributed by atoms with Gasteiger partial charge in [-0.05, 0) is 24.7 Å². The molecular weight excluding hydrogens is 272 g/mol. The van der Waals surface area contributed by atoms with Crippen LogP contribution in [0.4, 0.5) is 0 Å². The highest BCUT2D eigenvalue weighted by Gasteiger charge is 2.40. The number of carbonyl (C=O) groups is 2. The van der Waals surface area contributed by atoms with Gasteiger partial charge in [0.15, 0.2) is 0 Å². The molecule has 0 saturated carbocycles. The molecule has 1 aliphatic heterocycles. The third kappa shape index (κ3) is 6.01. The SMILES string of the molecule is CC(C)(C)CC(N)CC(=O)NCC1(C(=O)O)CCOCC1. The molecule has 0 aliphatic carbocycles. The number of nitrogens with two attached hydrogens (primary N) is 1. The molecule has 0 aromatic heterocycles. The predicted octanol–water partition coefficient (Wildman–Crippen LogP) is 1.14. The standard InChI is InChI=1S/C15H28N2O4/c1-14(2,3)9-11(16)8-12(18)17-10-15(13(19)20)4-6-21-7-5-15/h11H,4-10,16H2,1-3H3,(H,17,18)(H,19,20). The van der Waals surface area contributed by atoms with Crippen LogP contribution in [-0.2, 0) is 14.3 Å². The van der Waals surface area contributed by atoms with Crippen LogP contribution in [-0.4, -0.2) is 42.8 Å². The Morgan fingerprint density at radius 2 is 1.90 bits per heavy atom. The highest BCUT2D eigenvalue weighted by atomic mass is 16.5. The maximum Gasteiger partial charge on any atom is 0.311 e. The van der Waals surface area contributed by atoms with Crippen molar-refractivity contribution in [3.63, 3.8) is 0 Å². The van der Waals surface area contributed by atoms with Gasteiger partial charge in [0.25, 0.3) is 0 Å². The van der Waals surface area contributed by atoms with E-state index in [2.05, 4.69) is 26.1 Å². The molecule has 21 heavy (non-hydrogen) atoms. The summed E-state index contributed by atoms with van der Waals surface area (Å²) in [6.45, 7) is 7.22. The molecule has 4 N–H and O–H groups in total. The van der Waals surface area contributed by atoms with E-state index >= 15 is 0 Å². The monoisotopic (exact) mass is 300 g/mol. The molecule has 122 valence electrons. The Hall–Kier alpha value is -1.14. The smallest absolute Gasteiger partial charge is 0.311 e. The first-order chi connectivity index (χ1) is 9.65. The summed E-state index contributed by atoms with van der Waals surface area (Å²) in [5.41, 5.74) is 5.14.